The summed E-state index contributed by atoms with van der Waals surface area (Å²) in [5, 5.41) is 0. The topological polar surface area (TPSA) is 82.6 Å². The summed E-state index contributed by atoms with van der Waals surface area (Å²) in [5.74, 6) is -4.08. The molecule has 6 nitrogen and oxygen atoms in total. The Morgan fingerprint density at radius 1 is 1.16 bits per heavy atom. The third-order valence-electron chi connectivity index (χ3n) is 2.25. The summed E-state index contributed by atoms with van der Waals surface area (Å²) in [6.07, 6.45) is 2.77. The molecule has 1 aromatic heterocycles. The number of Topliss-reactive ketones (excluding diaryl/α,β-unsaturated/α-hetero) is 1. The van der Waals surface area contributed by atoms with Crippen molar-refractivity contribution in [3.05, 3.63) is 30.1 Å². The van der Waals surface area contributed by atoms with E-state index in [0.717, 1.165) is 0 Å². The molecular weight excluding hydrogens is 250 g/mol. The van der Waals surface area contributed by atoms with Gasteiger partial charge in [-0.25, -0.2) is 0 Å². The lowest BCUT2D eigenvalue weighted by atomic mass is 9.99. The van der Waals surface area contributed by atoms with Gasteiger partial charge in [0.15, 0.2) is 5.78 Å². The maximum Gasteiger partial charge on any atom is 0.328 e. The third-order valence-corrected chi connectivity index (χ3v) is 2.25. The zero-order chi connectivity index (χ0) is 14.3. The molecule has 0 radical (unpaired) electrons. The van der Waals surface area contributed by atoms with Crippen LogP contribution in [0.25, 0.3) is 0 Å². The fraction of sp³-hybridized carbons (Fsp3) is 0.385. The van der Waals surface area contributed by atoms with Gasteiger partial charge in [-0.2, -0.15) is 0 Å². The highest BCUT2D eigenvalue weighted by Crippen LogP contribution is 2.12. The van der Waals surface area contributed by atoms with Crippen LogP contribution in [0.5, 0.6) is 0 Å². The van der Waals surface area contributed by atoms with Crippen molar-refractivity contribution in [3.63, 3.8) is 0 Å². The molecule has 19 heavy (non-hydrogen) atoms. The van der Waals surface area contributed by atoms with Crippen molar-refractivity contribution >= 4 is 17.7 Å². The molecule has 0 atom stereocenters. The van der Waals surface area contributed by atoms with Gasteiger partial charge >= 0.3 is 11.9 Å². The van der Waals surface area contributed by atoms with Crippen LogP contribution in [0.4, 0.5) is 0 Å². The Bertz CT molecular complexity index is 439. The number of carbonyl (C=O) groups excluding carboxylic acids is 3. The van der Waals surface area contributed by atoms with Crippen molar-refractivity contribution in [1.29, 1.82) is 0 Å². The van der Waals surface area contributed by atoms with Crippen LogP contribution in [-0.4, -0.2) is 35.9 Å². The molecule has 0 bridgehead atoms. The number of esters is 2. The summed E-state index contributed by atoms with van der Waals surface area (Å²) in [6.45, 7) is 3.34. The number of ether oxygens (including phenoxy) is 2. The Kier molecular flexibility index (Phi) is 5.66. The fourth-order valence-electron chi connectivity index (χ4n) is 1.44. The number of nitrogens with zero attached hydrogens (tertiary/aromatic N) is 1. The first-order valence-corrected chi connectivity index (χ1v) is 5.89. The van der Waals surface area contributed by atoms with Crippen molar-refractivity contribution in [2.24, 2.45) is 5.92 Å². The van der Waals surface area contributed by atoms with E-state index in [0.29, 0.717) is 0 Å². The maximum absolute atomic E-state index is 12.1. The second-order valence-corrected chi connectivity index (χ2v) is 3.54. The minimum atomic E-state index is -1.59. The van der Waals surface area contributed by atoms with Crippen molar-refractivity contribution in [3.8, 4) is 0 Å². The largest absolute Gasteiger partial charge is 0.465 e. The molecule has 0 aliphatic heterocycles. The SMILES string of the molecule is CCOC(=O)C(C(=O)OCC)C(=O)c1cccnc1. The van der Waals surface area contributed by atoms with Crippen LogP contribution in [-0.2, 0) is 19.1 Å². The Morgan fingerprint density at radius 2 is 1.74 bits per heavy atom. The van der Waals surface area contributed by atoms with E-state index in [2.05, 4.69) is 4.98 Å². The van der Waals surface area contributed by atoms with Gasteiger partial charge < -0.3 is 9.47 Å². The molecule has 1 heterocycles. The van der Waals surface area contributed by atoms with Gasteiger partial charge in [0.25, 0.3) is 0 Å². The van der Waals surface area contributed by atoms with Crippen LogP contribution in [0, 0.1) is 5.92 Å². The molecule has 0 aromatic carbocycles. The number of ketones is 1. The summed E-state index contributed by atoms with van der Waals surface area (Å²) in [6, 6.07) is 3.02. The highest BCUT2D eigenvalue weighted by atomic mass is 16.6. The van der Waals surface area contributed by atoms with E-state index in [9.17, 15) is 14.4 Å². The summed E-state index contributed by atoms with van der Waals surface area (Å²) >= 11 is 0. The van der Waals surface area contributed by atoms with Crippen molar-refractivity contribution in [2.75, 3.05) is 13.2 Å². The van der Waals surface area contributed by atoms with Gasteiger partial charge in [0.2, 0.25) is 5.92 Å². The highest BCUT2D eigenvalue weighted by molar-refractivity contribution is 6.20. The minimum Gasteiger partial charge on any atom is -0.465 e. The van der Waals surface area contributed by atoms with Gasteiger partial charge in [0.1, 0.15) is 0 Å². The number of hydrogen-bond acceptors (Lipinski definition) is 6. The molecule has 0 spiro atoms. The molecule has 102 valence electrons. The van der Waals surface area contributed by atoms with E-state index in [-0.39, 0.29) is 18.8 Å². The summed E-state index contributed by atoms with van der Waals surface area (Å²) in [4.78, 5) is 39.3. The summed E-state index contributed by atoms with van der Waals surface area (Å²) in [7, 11) is 0. The van der Waals surface area contributed by atoms with Crippen LogP contribution in [0.15, 0.2) is 24.5 Å². The minimum absolute atomic E-state index is 0.0784. The number of hydrogen-bond donors (Lipinski definition) is 0. The zero-order valence-electron chi connectivity index (χ0n) is 10.8. The fourth-order valence-corrected chi connectivity index (χ4v) is 1.44. The van der Waals surface area contributed by atoms with E-state index in [4.69, 9.17) is 9.47 Å². The van der Waals surface area contributed by atoms with Gasteiger partial charge in [-0.3, -0.25) is 19.4 Å². The standard InChI is InChI=1S/C13H15NO5/c1-3-18-12(16)10(13(17)19-4-2)11(15)9-6-5-7-14-8-9/h5-8,10H,3-4H2,1-2H3. The smallest absolute Gasteiger partial charge is 0.328 e. The molecule has 0 aliphatic carbocycles. The summed E-state index contributed by atoms with van der Waals surface area (Å²) < 4.78 is 9.47. The van der Waals surface area contributed by atoms with Gasteiger partial charge in [-0.05, 0) is 26.0 Å². The van der Waals surface area contributed by atoms with Gasteiger partial charge in [-0.15, -0.1) is 0 Å². The van der Waals surface area contributed by atoms with Crippen LogP contribution < -0.4 is 0 Å². The van der Waals surface area contributed by atoms with Gasteiger partial charge in [0, 0.05) is 18.0 Å². The number of aromatic nitrogens is 1. The van der Waals surface area contributed by atoms with Crippen LogP contribution in [0.1, 0.15) is 24.2 Å². The van der Waals surface area contributed by atoms with E-state index in [1.165, 1.54) is 18.5 Å². The van der Waals surface area contributed by atoms with E-state index < -0.39 is 23.6 Å². The quantitative estimate of drug-likeness (QED) is 0.433. The summed E-state index contributed by atoms with van der Waals surface area (Å²) in [5.41, 5.74) is 0.161. The van der Waals surface area contributed by atoms with Crippen LogP contribution in [0.3, 0.4) is 0 Å². The Labute approximate surface area is 110 Å². The maximum atomic E-state index is 12.1. The van der Waals surface area contributed by atoms with Crippen molar-refractivity contribution in [1.82, 2.24) is 4.98 Å². The second-order valence-electron chi connectivity index (χ2n) is 3.54. The first kappa shape index (κ1) is 14.8. The predicted octanol–water partition coefficient (Wildman–Crippen LogP) is 1.01. The molecule has 0 amide bonds. The molecule has 1 rings (SSSR count). The number of pyridine rings is 1. The van der Waals surface area contributed by atoms with Crippen LogP contribution in [0.2, 0.25) is 0 Å². The van der Waals surface area contributed by atoms with E-state index in [1.807, 2.05) is 0 Å². The molecule has 0 fully saturated rings. The average molecular weight is 265 g/mol. The average Bonchev–Trinajstić information content (AvgIpc) is 2.40. The number of rotatable bonds is 6. The second kappa shape index (κ2) is 7.25. The Hall–Kier alpha value is -2.24. The van der Waals surface area contributed by atoms with Gasteiger partial charge in [0.05, 0.1) is 13.2 Å². The highest BCUT2D eigenvalue weighted by Gasteiger charge is 2.37. The predicted molar refractivity (Wildman–Crippen MR) is 65.3 cm³/mol. The van der Waals surface area contributed by atoms with Crippen molar-refractivity contribution < 1.29 is 23.9 Å². The molecule has 0 saturated carbocycles. The van der Waals surface area contributed by atoms with E-state index >= 15 is 0 Å². The lowest BCUT2D eigenvalue weighted by Crippen LogP contribution is -2.35. The zero-order valence-corrected chi connectivity index (χ0v) is 10.8. The first-order chi connectivity index (χ1) is 9.11. The van der Waals surface area contributed by atoms with Crippen molar-refractivity contribution in [2.45, 2.75) is 13.8 Å². The lowest BCUT2D eigenvalue weighted by molar-refractivity contribution is -0.158. The molecule has 1 aromatic rings. The van der Waals surface area contributed by atoms with Crippen LogP contribution >= 0.6 is 0 Å². The monoisotopic (exact) mass is 265 g/mol. The molecular formula is C13H15NO5. The first-order valence-electron chi connectivity index (χ1n) is 5.89. The molecule has 0 unspecified atom stereocenters. The Balaban J connectivity index is 2.99. The third kappa shape index (κ3) is 3.87. The molecule has 0 N–H and O–H groups in total. The normalized spacial score (nSPS) is 10.1. The van der Waals surface area contributed by atoms with E-state index in [1.54, 1.807) is 19.9 Å². The molecule has 6 heteroatoms. The Morgan fingerprint density at radius 3 is 2.16 bits per heavy atom. The lowest BCUT2D eigenvalue weighted by Gasteiger charge is -2.13. The van der Waals surface area contributed by atoms with Gasteiger partial charge in [-0.1, -0.05) is 0 Å². The molecule has 0 aliphatic rings. The number of carbonyl (C=O) groups is 3. The molecule has 0 saturated heterocycles.